The molecular weight excluding hydrogens is 434 g/mol. The number of amidine groups is 1. The lowest BCUT2D eigenvalue weighted by Gasteiger charge is -2.09. The standard InChI is InChI=1S/C20H23N7O4S/c1-10(19-24-14-4-2-11(18(21)22)6-16(14)26-19)20-25-15-5-3-13(7-17(15)27-20)32(30,31)23-8-12(29)9-28/h2-7,10,12,23,28-29H,8-9H2,1H3,(H3,21,22)(H,24,26)(H,25,27). The van der Waals surface area contributed by atoms with Crippen molar-refractivity contribution in [1.82, 2.24) is 24.7 Å². The fourth-order valence-corrected chi connectivity index (χ4v) is 4.36. The Bertz CT molecular complexity index is 1410. The van der Waals surface area contributed by atoms with Crippen molar-refractivity contribution in [2.75, 3.05) is 13.2 Å². The van der Waals surface area contributed by atoms with Crippen LogP contribution in [0.2, 0.25) is 0 Å². The number of H-pyrrole nitrogens is 2. The molecule has 11 nitrogen and oxygen atoms in total. The first-order valence-corrected chi connectivity index (χ1v) is 11.3. The van der Waals surface area contributed by atoms with Crippen LogP contribution in [0, 0.1) is 5.41 Å². The molecule has 2 atom stereocenters. The second-order valence-corrected chi connectivity index (χ2v) is 9.25. The lowest BCUT2D eigenvalue weighted by molar-refractivity contribution is 0.0988. The zero-order chi connectivity index (χ0) is 23.0. The van der Waals surface area contributed by atoms with Crippen LogP contribution in [0.1, 0.15) is 30.1 Å². The quantitative estimate of drug-likeness (QED) is 0.148. The van der Waals surface area contributed by atoms with Gasteiger partial charge in [0.2, 0.25) is 10.0 Å². The molecule has 32 heavy (non-hydrogen) atoms. The maximum Gasteiger partial charge on any atom is 0.240 e. The van der Waals surface area contributed by atoms with E-state index in [1.807, 2.05) is 6.92 Å². The molecule has 2 heterocycles. The van der Waals surface area contributed by atoms with E-state index in [1.165, 1.54) is 12.1 Å². The Morgan fingerprint density at radius 3 is 2.31 bits per heavy atom. The zero-order valence-corrected chi connectivity index (χ0v) is 17.9. The van der Waals surface area contributed by atoms with Crippen LogP contribution in [0.3, 0.4) is 0 Å². The number of rotatable bonds is 8. The van der Waals surface area contributed by atoms with Crippen molar-refractivity contribution >= 4 is 37.9 Å². The predicted octanol–water partition coefficient (Wildman–Crippen LogP) is 0.507. The summed E-state index contributed by atoms with van der Waals surface area (Å²) < 4.78 is 27.2. The molecule has 0 fully saturated rings. The number of aromatic amines is 2. The summed E-state index contributed by atoms with van der Waals surface area (Å²) in [5, 5.41) is 25.8. The fraction of sp³-hybridized carbons (Fsp3) is 0.250. The van der Waals surface area contributed by atoms with Crippen LogP contribution in [-0.4, -0.2) is 63.7 Å². The molecule has 0 aliphatic heterocycles. The summed E-state index contributed by atoms with van der Waals surface area (Å²) >= 11 is 0. The van der Waals surface area contributed by atoms with Crippen molar-refractivity contribution in [1.29, 1.82) is 5.41 Å². The highest BCUT2D eigenvalue weighted by molar-refractivity contribution is 7.89. The summed E-state index contributed by atoms with van der Waals surface area (Å²) in [6.07, 6.45) is -1.18. The number of sulfonamides is 1. The largest absolute Gasteiger partial charge is 0.394 e. The molecule has 8 N–H and O–H groups in total. The molecule has 2 aromatic carbocycles. The van der Waals surface area contributed by atoms with Crippen LogP contribution in [0.25, 0.3) is 22.1 Å². The predicted molar refractivity (Wildman–Crippen MR) is 119 cm³/mol. The van der Waals surface area contributed by atoms with E-state index in [0.29, 0.717) is 28.2 Å². The van der Waals surface area contributed by atoms with Gasteiger partial charge in [0, 0.05) is 12.1 Å². The van der Waals surface area contributed by atoms with Gasteiger partial charge < -0.3 is 25.9 Å². The van der Waals surface area contributed by atoms with Crippen LogP contribution in [-0.2, 0) is 10.0 Å². The molecule has 0 amide bonds. The Balaban J connectivity index is 1.62. The van der Waals surface area contributed by atoms with Gasteiger partial charge in [0.15, 0.2) is 0 Å². The van der Waals surface area contributed by atoms with Gasteiger partial charge in [-0.25, -0.2) is 23.1 Å². The summed E-state index contributed by atoms with van der Waals surface area (Å²) in [6.45, 7) is 1.08. The van der Waals surface area contributed by atoms with Gasteiger partial charge in [0.1, 0.15) is 17.5 Å². The van der Waals surface area contributed by atoms with Gasteiger partial charge in [-0.2, -0.15) is 0 Å². The van der Waals surface area contributed by atoms with Gasteiger partial charge in [-0.3, -0.25) is 5.41 Å². The molecule has 0 aliphatic carbocycles. The molecule has 0 spiro atoms. The Hall–Kier alpha value is -3.32. The molecule has 4 aromatic rings. The Morgan fingerprint density at radius 2 is 1.72 bits per heavy atom. The first kappa shape index (κ1) is 21.9. The van der Waals surface area contributed by atoms with Crippen molar-refractivity contribution < 1.29 is 18.6 Å². The number of aliphatic hydroxyl groups is 2. The summed E-state index contributed by atoms with van der Waals surface area (Å²) in [4.78, 5) is 15.5. The molecule has 0 aliphatic rings. The second kappa shape index (κ2) is 8.31. The third-order valence-corrected chi connectivity index (χ3v) is 6.55. The second-order valence-electron chi connectivity index (χ2n) is 7.48. The van der Waals surface area contributed by atoms with Crippen molar-refractivity contribution in [2.24, 2.45) is 5.73 Å². The smallest absolute Gasteiger partial charge is 0.240 e. The molecule has 2 aromatic heterocycles. The first-order valence-electron chi connectivity index (χ1n) is 9.80. The van der Waals surface area contributed by atoms with E-state index in [2.05, 4.69) is 24.7 Å². The molecule has 168 valence electrons. The van der Waals surface area contributed by atoms with E-state index in [4.69, 9.17) is 16.2 Å². The van der Waals surface area contributed by atoms with E-state index in [0.717, 1.165) is 11.0 Å². The highest BCUT2D eigenvalue weighted by Crippen LogP contribution is 2.26. The van der Waals surface area contributed by atoms with Crippen LogP contribution in [0.4, 0.5) is 0 Å². The summed E-state index contributed by atoms with van der Waals surface area (Å²) in [5.74, 6) is 0.990. The molecular formula is C20H23N7O4S. The number of hydrogen-bond donors (Lipinski definition) is 7. The fourth-order valence-electron chi connectivity index (χ4n) is 3.27. The third kappa shape index (κ3) is 4.21. The van der Waals surface area contributed by atoms with E-state index >= 15 is 0 Å². The summed E-state index contributed by atoms with van der Waals surface area (Å²) in [7, 11) is -3.86. The average molecular weight is 458 g/mol. The maximum absolute atomic E-state index is 12.5. The third-order valence-electron chi connectivity index (χ3n) is 5.13. The van der Waals surface area contributed by atoms with Gasteiger partial charge in [-0.1, -0.05) is 0 Å². The van der Waals surface area contributed by atoms with E-state index in [-0.39, 0.29) is 23.2 Å². The minimum atomic E-state index is -3.86. The minimum absolute atomic E-state index is 0.0125. The van der Waals surface area contributed by atoms with Crippen LogP contribution in [0.5, 0.6) is 0 Å². The number of imidazole rings is 2. The van der Waals surface area contributed by atoms with E-state index in [1.54, 1.807) is 24.3 Å². The molecule has 0 saturated carbocycles. The number of nitrogens with zero attached hydrogens (tertiary/aromatic N) is 2. The highest BCUT2D eigenvalue weighted by Gasteiger charge is 2.20. The van der Waals surface area contributed by atoms with Crippen molar-refractivity contribution in [2.45, 2.75) is 23.8 Å². The molecule has 0 radical (unpaired) electrons. The minimum Gasteiger partial charge on any atom is -0.394 e. The topological polar surface area (TPSA) is 194 Å². The van der Waals surface area contributed by atoms with Crippen molar-refractivity contribution in [3.05, 3.63) is 53.6 Å². The van der Waals surface area contributed by atoms with Gasteiger partial charge >= 0.3 is 0 Å². The number of benzene rings is 2. The highest BCUT2D eigenvalue weighted by atomic mass is 32.2. The van der Waals surface area contributed by atoms with Crippen molar-refractivity contribution in [3.8, 4) is 0 Å². The van der Waals surface area contributed by atoms with E-state index < -0.39 is 22.7 Å². The SMILES string of the molecule is CC(c1nc2ccc(C(=N)N)cc2[nH]1)c1nc2ccc(S(=O)(=O)NCC(O)CO)cc2[nH]1. The Morgan fingerprint density at radius 1 is 1.12 bits per heavy atom. The lowest BCUT2D eigenvalue weighted by atomic mass is 10.1. The number of nitrogens with one attached hydrogen (secondary N) is 4. The first-order chi connectivity index (χ1) is 15.2. The van der Waals surface area contributed by atoms with Crippen LogP contribution in [0.15, 0.2) is 41.3 Å². The van der Waals surface area contributed by atoms with Crippen LogP contribution < -0.4 is 10.5 Å². The lowest BCUT2D eigenvalue weighted by Crippen LogP contribution is -2.33. The molecule has 2 unspecified atom stereocenters. The molecule has 12 heteroatoms. The van der Waals surface area contributed by atoms with Gasteiger partial charge in [0.05, 0.1) is 45.6 Å². The van der Waals surface area contributed by atoms with E-state index in [9.17, 15) is 13.5 Å². The monoisotopic (exact) mass is 457 g/mol. The Kier molecular flexibility index (Phi) is 5.69. The molecule has 0 saturated heterocycles. The normalized spacial score (nSPS) is 14.1. The number of fused-ring (bicyclic) bond motifs is 2. The number of aliphatic hydroxyl groups excluding tert-OH is 2. The maximum atomic E-state index is 12.5. The summed E-state index contributed by atoms with van der Waals surface area (Å²) in [5.41, 5.74) is 8.76. The van der Waals surface area contributed by atoms with Crippen molar-refractivity contribution in [3.63, 3.8) is 0 Å². The number of hydrogen-bond acceptors (Lipinski definition) is 7. The number of nitrogens with two attached hydrogens (primary N) is 1. The summed E-state index contributed by atoms with van der Waals surface area (Å²) in [6, 6.07) is 9.76. The van der Waals surface area contributed by atoms with Gasteiger partial charge in [0.25, 0.3) is 0 Å². The average Bonchev–Trinajstić information content (AvgIpc) is 3.39. The number of nitrogen functional groups attached to an aromatic ring is 1. The molecule has 0 bridgehead atoms. The molecule has 4 rings (SSSR count). The van der Waals surface area contributed by atoms with Crippen LogP contribution >= 0.6 is 0 Å². The van der Waals surface area contributed by atoms with Gasteiger partial charge in [-0.05, 0) is 43.3 Å². The van der Waals surface area contributed by atoms with Gasteiger partial charge in [-0.15, -0.1) is 0 Å². The number of aromatic nitrogens is 4. The zero-order valence-electron chi connectivity index (χ0n) is 17.1. The Labute approximate surface area is 183 Å².